The lowest BCUT2D eigenvalue weighted by Crippen LogP contribution is -2.49. The van der Waals surface area contributed by atoms with Gasteiger partial charge < -0.3 is 14.8 Å². The molecule has 1 saturated heterocycles. The van der Waals surface area contributed by atoms with Crippen LogP contribution >= 0.6 is 0 Å². The van der Waals surface area contributed by atoms with Crippen molar-refractivity contribution in [2.24, 2.45) is 0 Å². The number of carbonyl (C=O) groups excluding carboxylic acids is 1. The molecule has 0 spiro atoms. The van der Waals surface area contributed by atoms with Gasteiger partial charge in [0.15, 0.2) is 0 Å². The highest BCUT2D eigenvalue weighted by Gasteiger charge is 2.24. The summed E-state index contributed by atoms with van der Waals surface area (Å²) >= 11 is 0. The first kappa shape index (κ1) is 16.6. The van der Waals surface area contributed by atoms with Crippen LogP contribution in [0.25, 0.3) is 10.9 Å². The van der Waals surface area contributed by atoms with E-state index in [2.05, 4.69) is 41.9 Å². The number of carbonyl (C=O) groups is 1. The molecule has 2 aromatic carbocycles. The number of anilines is 1. The summed E-state index contributed by atoms with van der Waals surface area (Å²) in [6, 6.07) is 12.7. The van der Waals surface area contributed by atoms with Gasteiger partial charge in [0.1, 0.15) is 11.5 Å². The number of aromatic nitrogens is 1. The molecule has 5 heteroatoms. The number of aromatic amines is 1. The quantitative estimate of drug-likeness (QED) is 0.761. The molecule has 0 radical (unpaired) electrons. The summed E-state index contributed by atoms with van der Waals surface area (Å²) in [7, 11) is 0. The second-order valence-electron chi connectivity index (χ2n) is 6.91. The third-order valence-corrected chi connectivity index (χ3v) is 5.30. The maximum atomic E-state index is 13.3. The van der Waals surface area contributed by atoms with Gasteiger partial charge in [-0.3, -0.25) is 4.79 Å². The van der Waals surface area contributed by atoms with Crippen LogP contribution in [0.3, 0.4) is 0 Å². The van der Waals surface area contributed by atoms with Crippen LogP contribution in [-0.2, 0) is 0 Å². The lowest BCUT2D eigenvalue weighted by atomic mass is 10.1. The van der Waals surface area contributed by atoms with Crippen LogP contribution in [-0.4, -0.2) is 42.0 Å². The number of piperazine rings is 1. The van der Waals surface area contributed by atoms with Gasteiger partial charge in [0.05, 0.1) is 0 Å². The largest absolute Gasteiger partial charge is 0.368 e. The second-order valence-corrected chi connectivity index (χ2v) is 6.91. The maximum absolute atomic E-state index is 13.3. The Balaban J connectivity index is 1.48. The summed E-state index contributed by atoms with van der Waals surface area (Å²) in [5, 5.41) is 0.851. The number of aryl methyl sites for hydroxylation is 1. The van der Waals surface area contributed by atoms with Crippen LogP contribution in [0.4, 0.5) is 10.1 Å². The minimum absolute atomic E-state index is 0.0257. The van der Waals surface area contributed by atoms with E-state index < -0.39 is 0 Å². The van der Waals surface area contributed by atoms with E-state index in [1.54, 1.807) is 12.1 Å². The number of nitrogens with zero attached hydrogens (tertiary/aromatic N) is 2. The predicted octanol–water partition coefficient (Wildman–Crippen LogP) is 3.89. The van der Waals surface area contributed by atoms with Crippen LogP contribution in [0.2, 0.25) is 0 Å². The first-order valence-corrected chi connectivity index (χ1v) is 8.91. The summed E-state index contributed by atoms with van der Waals surface area (Å²) in [5.41, 5.74) is 5.00. The van der Waals surface area contributed by atoms with Gasteiger partial charge in [0.25, 0.3) is 5.91 Å². The topological polar surface area (TPSA) is 39.3 Å². The number of rotatable bonds is 2. The fraction of sp³-hybridized carbons (Fsp3) is 0.286. The zero-order valence-electron chi connectivity index (χ0n) is 15.1. The molecule has 0 unspecified atom stereocenters. The second kappa shape index (κ2) is 6.48. The van der Waals surface area contributed by atoms with E-state index in [1.807, 2.05) is 4.90 Å². The number of hydrogen-bond donors (Lipinski definition) is 1. The van der Waals surface area contributed by atoms with Gasteiger partial charge in [-0.25, -0.2) is 4.39 Å². The first-order chi connectivity index (χ1) is 12.5. The van der Waals surface area contributed by atoms with Crippen molar-refractivity contribution in [2.45, 2.75) is 13.8 Å². The van der Waals surface area contributed by atoms with E-state index in [4.69, 9.17) is 0 Å². The van der Waals surface area contributed by atoms with Crippen LogP contribution in [0, 0.1) is 19.7 Å². The molecule has 26 heavy (non-hydrogen) atoms. The van der Waals surface area contributed by atoms with E-state index in [0.29, 0.717) is 24.3 Å². The van der Waals surface area contributed by atoms with E-state index in [0.717, 1.165) is 18.5 Å². The molecule has 1 N–H and O–H groups in total. The minimum Gasteiger partial charge on any atom is -0.368 e. The van der Waals surface area contributed by atoms with E-state index >= 15 is 0 Å². The van der Waals surface area contributed by atoms with Crippen LogP contribution < -0.4 is 4.90 Å². The Bertz CT molecular complexity index is 971. The molecule has 1 fully saturated rings. The smallest absolute Gasteiger partial charge is 0.270 e. The number of hydrogen-bond acceptors (Lipinski definition) is 2. The number of halogens is 1. The molecule has 2 heterocycles. The van der Waals surface area contributed by atoms with Gasteiger partial charge in [-0.2, -0.15) is 0 Å². The molecule has 4 rings (SSSR count). The zero-order chi connectivity index (χ0) is 18.3. The zero-order valence-corrected chi connectivity index (χ0v) is 15.1. The highest BCUT2D eigenvalue weighted by molar-refractivity contribution is 5.98. The molecule has 1 aromatic heterocycles. The highest BCUT2D eigenvalue weighted by Crippen LogP contribution is 2.24. The van der Waals surface area contributed by atoms with Crippen molar-refractivity contribution >= 4 is 22.5 Å². The van der Waals surface area contributed by atoms with Crippen molar-refractivity contribution in [3.8, 4) is 0 Å². The van der Waals surface area contributed by atoms with Gasteiger partial charge in [-0.05, 0) is 55.3 Å². The number of benzene rings is 2. The molecule has 0 saturated carbocycles. The van der Waals surface area contributed by atoms with Crippen LogP contribution in [0.15, 0.2) is 42.5 Å². The van der Waals surface area contributed by atoms with Crippen molar-refractivity contribution in [2.75, 3.05) is 31.1 Å². The van der Waals surface area contributed by atoms with Crippen LogP contribution in [0.5, 0.6) is 0 Å². The monoisotopic (exact) mass is 351 g/mol. The average Bonchev–Trinajstić information content (AvgIpc) is 3.07. The summed E-state index contributed by atoms with van der Waals surface area (Å²) < 4.78 is 13.3. The minimum atomic E-state index is -0.305. The molecular formula is C21H22FN3O. The number of fused-ring (bicyclic) bond motifs is 1. The van der Waals surface area contributed by atoms with Crippen molar-refractivity contribution in [3.63, 3.8) is 0 Å². The highest BCUT2D eigenvalue weighted by atomic mass is 19.1. The molecule has 0 atom stereocenters. The van der Waals surface area contributed by atoms with Gasteiger partial charge in [-0.15, -0.1) is 0 Å². The normalized spacial score (nSPS) is 14.9. The average molecular weight is 351 g/mol. The Labute approximate surface area is 152 Å². The molecule has 4 nitrogen and oxygen atoms in total. The Morgan fingerprint density at radius 1 is 1.04 bits per heavy atom. The van der Waals surface area contributed by atoms with E-state index in [-0.39, 0.29) is 11.7 Å². The van der Waals surface area contributed by atoms with Crippen molar-refractivity contribution in [3.05, 3.63) is 65.1 Å². The van der Waals surface area contributed by atoms with E-state index in [1.165, 1.54) is 28.9 Å². The predicted molar refractivity (Wildman–Crippen MR) is 102 cm³/mol. The summed E-state index contributed by atoms with van der Waals surface area (Å²) in [6.07, 6.45) is 0. The van der Waals surface area contributed by atoms with Crippen molar-refractivity contribution in [1.82, 2.24) is 9.88 Å². The standard InChI is InChI=1S/C21H22FN3O/c1-14-4-3-5-20(15(14)2)24-8-10-25(11-9-24)21(26)19-12-16-6-7-17(22)13-18(16)23-19/h3-7,12-13,23H,8-11H2,1-2H3. The Morgan fingerprint density at radius 2 is 1.81 bits per heavy atom. The first-order valence-electron chi connectivity index (χ1n) is 8.91. The molecule has 1 amide bonds. The lowest BCUT2D eigenvalue weighted by Gasteiger charge is -2.36. The fourth-order valence-corrected chi connectivity index (χ4v) is 3.61. The van der Waals surface area contributed by atoms with Gasteiger partial charge in [0, 0.05) is 42.8 Å². The summed E-state index contributed by atoms with van der Waals surface area (Å²) in [4.78, 5) is 20.1. The molecule has 1 aliphatic heterocycles. The summed E-state index contributed by atoms with van der Waals surface area (Å²) in [6.45, 7) is 7.24. The van der Waals surface area contributed by atoms with Gasteiger partial charge in [-0.1, -0.05) is 12.1 Å². The fourth-order valence-electron chi connectivity index (χ4n) is 3.61. The molecule has 3 aromatic rings. The van der Waals surface area contributed by atoms with Gasteiger partial charge in [0.2, 0.25) is 0 Å². The van der Waals surface area contributed by atoms with E-state index in [9.17, 15) is 9.18 Å². The Hall–Kier alpha value is -2.82. The lowest BCUT2D eigenvalue weighted by molar-refractivity contribution is 0.0742. The van der Waals surface area contributed by atoms with Crippen LogP contribution in [0.1, 0.15) is 21.6 Å². The third-order valence-electron chi connectivity index (χ3n) is 5.30. The van der Waals surface area contributed by atoms with Gasteiger partial charge >= 0.3 is 0 Å². The number of H-pyrrole nitrogens is 1. The number of amides is 1. The maximum Gasteiger partial charge on any atom is 0.270 e. The summed E-state index contributed by atoms with van der Waals surface area (Å²) in [5.74, 6) is -0.331. The Morgan fingerprint density at radius 3 is 2.58 bits per heavy atom. The molecule has 0 aliphatic carbocycles. The molecule has 134 valence electrons. The molecule has 0 bridgehead atoms. The molecular weight excluding hydrogens is 329 g/mol. The Kier molecular flexibility index (Phi) is 4.15. The number of nitrogens with one attached hydrogen (secondary N) is 1. The molecule has 1 aliphatic rings. The third kappa shape index (κ3) is 2.94. The SMILES string of the molecule is Cc1cccc(N2CCN(C(=O)c3cc4ccc(F)cc4[nH]3)CC2)c1C. The van der Waals surface area contributed by atoms with Crippen molar-refractivity contribution in [1.29, 1.82) is 0 Å². The van der Waals surface area contributed by atoms with Crippen molar-refractivity contribution < 1.29 is 9.18 Å².